The molecule has 0 spiro atoms. The van der Waals surface area contributed by atoms with E-state index in [1.54, 1.807) is 0 Å². The fourth-order valence-corrected chi connectivity index (χ4v) is 1.43. The Morgan fingerprint density at radius 2 is 2.33 bits per heavy atom. The van der Waals surface area contributed by atoms with Crippen LogP contribution in [0.1, 0.15) is 11.3 Å². The van der Waals surface area contributed by atoms with Gasteiger partial charge in [0, 0.05) is 6.20 Å². The van der Waals surface area contributed by atoms with Gasteiger partial charge in [0.15, 0.2) is 0 Å². The van der Waals surface area contributed by atoms with Crippen LogP contribution in [-0.2, 0) is 5.88 Å². The van der Waals surface area contributed by atoms with E-state index in [0.717, 1.165) is 11.3 Å². The molecule has 2 nitrogen and oxygen atoms in total. The Morgan fingerprint density at radius 3 is 3.08 bits per heavy atom. The zero-order chi connectivity index (χ0) is 8.55. The number of fused-ring (bicyclic) bond motifs is 1. The van der Waals surface area contributed by atoms with Crippen molar-refractivity contribution in [3.63, 3.8) is 0 Å². The highest BCUT2D eigenvalue weighted by Crippen LogP contribution is 2.09. The first-order chi connectivity index (χ1) is 5.81. The highest BCUT2D eigenvalue weighted by Gasteiger charge is 2.00. The third-order valence-corrected chi connectivity index (χ3v) is 2.14. The van der Waals surface area contributed by atoms with E-state index in [9.17, 15) is 0 Å². The summed E-state index contributed by atoms with van der Waals surface area (Å²) in [6, 6.07) is 4.03. The van der Waals surface area contributed by atoms with Gasteiger partial charge in [0.05, 0.1) is 17.8 Å². The normalized spacial score (nSPS) is 10.8. The predicted octanol–water partition coefficient (Wildman–Crippen LogP) is 2.38. The lowest BCUT2D eigenvalue weighted by molar-refractivity contribution is 1.07. The van der Waals surface area contributed by atoms with E-state index in [0.29, 0.717) is 5.88 Å². The van der Waals surface area contributed by atoms with Crippen molar-refractivity contribution < 1.29 is 0 Å². The van der Waals surface area contributed by atoms with E-state index in [1.807, 2.05) is 28.9 Å². The second kappa shape index (κ2) is 2.79. The highest BCUT2D eigenvalue weighted by molar-refractivity contribution is 6.16. The maximum Gasteiger partial charge on any atom is 0.136 e. The van der Waals surface area contributed by atoms with Crippen LogP contribution in [0, 0.1) is 6.92 Å². The van der Waals surface area contributed by atoms with Crippen molar-refractivity contribution in [2.24, 2.45) is 0 Å². The molecule has 0 N–H and O–H groups in total. The molecule has 3 heteroatoms. The summed E-state index contributed by atoms with van der Waals surface area (Å²) >= 11 is 5.74. The summed E-state index contributed by atoms with van der Waals surface area (Å²) in [4.78, 5) is 4.21. The number of imidazole rings is 1. The van der Waals surface area contributed by atoms with Crippen LogP contribution in [0.25, 0.3) is 5.65 Å². The van der Waals surface area contributed by atoms with E-state index in [1.165, 1.54) is 5.56 Å². The molecule has 0 atom stereocenters. The van der Waals surface area contributed by atoms with E-state index in [2.05, 4.69) is 11.9 Å². The number of aryl methyl sites for hydroxylation is 1. The number of hydrogen-bond acceptors (Lipinski definition) is 1. The monoisotopic (exact) mass is 180 g/mol. The number of pyridine rings is 1. The molecule has 0 saturated heterocycles. The van der Waals surface area contributed by atoms with Crippen LogP contribution in [0.2, 0.25) is 0 Å². The van der Waals surface area contributed by atoms with E-state index in [-0.39, 0.29) is 0 Å². The van der Waals surface area contributed by atoms with Crippen LogP contribution in [0.5, 0.6) is 0 Å². The molecule has 2 aromatic heterocycles. The minimum Gasteiger partial charge on any atom is -0.303 e. The summed E-state index contributed by atoms with van der Waals surface area (Å²) < 4.78 is 2.02. The summed E-state index contributed by atoms with van der Waals surface area (Å²) in [6.45, 7) is 2.05. The molecule has 62 valence electrons. The predicted molar refractivity (Wildman–Crippen MR) is 49.5 cm³/mol. The van der Waals surface area contributed by atoms with Gasteiger partial charge >= 0.3 is 0 Å². The number of alkyl halides is 1. The largest absolute Gasteiger partial charge is 0.303 e. The van der Waals surface area contributed by atoms with E-state index >= 15 is 0 Å². The first-order valence-corrected chi connectivity index (χ1v) is 4.33. The lowest BCUT2D eigenvalue weighted by Gasteiger charge is -1.98. The van der Waals surface area contributed by atoms with E-state index < -0.39 is 0 Å². The fraction of sp³-hybridized carbons (Fsp3) is 0.222. The third kappa shape index (κ3) is 1.08. The van der Waals surface area contributed by atoms with Gasteiger partial charge in [-0.15, -0.1) is 11.6 Å². The van der Waals surface area contributed by atoms with Crippen LogP contribution in [0.3, 0.4) is 0 Å². The van der Waals surface area contributed by atoms with Crippen LogP contribution in [-0.4, -0.2) is 9.38 Å². The Hall–Kier alpha value is -1.02. The molecule has 2 aromatic rings. The Kier molecular flexibility index (Phi) is 1.77. The van der Waals surface area contributed by atoms with Crippen molar-refractivity contribution in [3.8, 4) is 0 Å². The van der Waals surface area contributed by atoms with Crippen LogP contribution >= 0.6 is 11.6 Å². The molecule has 0 unspecified atom stereocenters. The number of rotatable bonds is 1. The first kappa shape index (κ1) is 7.62. The molecular formula is C9H9ClN2. The first-order valence-electron chi connectivity index (χ1n) is 3.80. The van der Waals surface area contributed by atoms with Gasteiger partial charge in [-0.2, -0.15) is 0 Å². The summed E-state index contributed by atoms with van der Waals surface area (Å²) in [7, 11) is 0. The van der Waals surface area contributed by atoms with Gasteiger partial charge in [-0.1, -0.05) is 6.07 Å². The standard InChI is InChI=1S/C9H9ClN2/c1-7-2-3-9-11-5-8(4-10)12(9)6-7/h2-3,5-6H,4H2,1H3. The minimum absolute atomic E-state index is 0.505. The van der Waals surface area contributed by atoms with Gasteiger partial charge in [0.1, 0.15) is 5.65 Å². The average molecular weight is 181 g/mol. The van der Waals surface area contributed by atoms with Gasteiger partial charge < -0.3 is 4.40 Å². The SMILES string of the molecule is Cc1ccc2ncc(CCl)n2c1. The van der Waals surface area contributed by atoms with Crippen molar-refractivity contribution in [1.29, 1.82) is 0 Å². The molecule has 0 aromatic carbocycles. The maximum atomic E-state index is 5.74. The average Bonchev–Trinajstić information content (AvgIpc) is 2.46. The van der Waals surface area contributed by atoms with Gasteiger partial charge in [-0.05, 0) is 18.6 Å². The van der Waals surface area contributed by atoms with Gasteiger partial charge in [0.2, 0.25) is 0 Å². The lowest BCUT2D eigenvalue weighted by Crippen LogP contribution is -1.89. The Balaban J connectivity index is 2.75. The third-order valence-electron chi connectivity index (χ3n) is 1.87. The topological polar surface area (TPSA) is 17.3 Å². The number of hydrogen-bond donors (Lipinski definition) is 0. The molecule has 0 aliphatic rings. The van der Waals surface area contributed by atoms with Crippen LogP contribution in [0.4, 0.5) is 0 Å². The molecule has 0 bridgehead atoms. The molecule has 0 saturated carbocycles. The summed E-state index contributed by atoms with van der Waals surface area (Å²) in [5.41, 5.74) is 3.21. The smallest absolute Gasteiger partial charge is 0.136 e. The second-order valence-electron chi connectivity index (χ2n) is 2.82. The molecular weight excluding hydrogens is 172 g/mol. The van der Waals surface area contributed by atoms with Gasteiger partial charge in [-0.25, -0.2) is 4.98 Å². The summed E-state index contributed by atoms with van der Waals surface area (Å²) in [5.74, 6) is 0.505. The van der Waals surface area contributed by atoms with Gasteiger partial charge in [-0.3, -0.25) is 0 Å². The Morgan fingerprint density at radius 1 is 1.50 bits per heavy atom. The van der Waals surface area contributed by atoms with Gasteiger partial charge in [0.25, 0.3) is 0 Å². The van der Waals surface area contributed by atoms with Crippen molar-refractivity contribution in [1.82, 2.24) is 9.38 Å². The number of aromatic nitrogens is 2. The van der Waals surface area contributed by atoms with Crippen LogP contribution < -0.4 is 0 Å². The molecule has 0 aliphatic carbocycles. The quantitative estimate of drug-likeness (QED) is 0.616. The molecule has 2 rings (SSSR count). The molecule has 0 radical (unpaired) electrons. The summed E-state index contributed by atoms with van der Waals surface area (Å²) in [5, 5.41) is 0. The van der Waals surface area contributed by atoms with Crippen molar-refractivity contribution in [2.45, 2.75) is 12.8 Å². The molecule has 2 heterocycles. The molecule has 0 amide bonds. The zero-order valence-electron chi connectivity index (χ0n) is 6.79. The Labute approximate surface area is 75.8 Å². The number of halogens is 1. The van der Waals surface area contributed by atoms with Crippen LogP contribution in [0.15, 0.2) is 24.5 Å². The summed E-state index contributed by atoms with van der Waals surface area (Å²) in [6.07, 6.45) is 3.85. The fourth-order valence-electron chi connectivity index (χ4n) is 1.24. The van der Waals surface area contributed by atoms with Crippen molar-refractivity contribution in [3.05, 3.63) is 35.8 Å². The van der Waals surface area contributed by atoms with E-state index in [4.69, 9.17) is 11.6 Å². The Bertz CT molecular complexity index is 406. The lowest BCUT2D eigenvalue weighted by atomic mass is 10.3. The molecule has 0 aliphatic heterocycles. The molecule has 0 fully saturated rings. The molecule has 12 heavy (non-hydrogen) atoms. The second-order valence-corrected chi connectivity index (χ2v) is 3.09. The minimum atomic E-state index is 0.505. The number of nitrogens with zero attached hydrogens (tertiary/aromatic N) is 2. The maximum absolute atomic E-state index is 5.74. The zero-order valence-corrected chi connectivity index (χ0v) is 7.54. The highest BCUT2D eigenvalue weighted by atomic mass is 35.5. The van der Waals surface area contributed by atoms with Crippen molar-refractivity contribution >= 4 is 17.2 Å². The van der Waals surface area contributed by atoms with Crippen molar-refractivity contribution in [2.75, 3.05) is 0 Å².